The van der Waals surface area contributed by atoms with Gasteiger partial charge in [-0.25, -0.2) is 12.8 Å². The number of hydrogen-bond donors (Lipinski definition) is 3. The summed E-state index contributed by atoms with van der Waals surface area (Å²) in [6.07, 6.45) is 0.468. The first kappa shape index (κ1) is 23.6. The number of anilines is 2. The van der Waals surface area contributed by atoms with E-state index in [0.717, 1.165) is 12.1 Å². The lowest BCUT2D eigenvalue weighted by Gasteiger charge is -2.14. The van der Waals surface area contributed by atoms with E-state index in [-0.39, 0.29) is 35.2 Å². The van der Waals surface area contributed by atoms with E-state index in [1.54, 1.807) is 32.0 Å². The third-order valence-corrected chi connectivity index (χ3v) is 5.95. The van der Waals surface area contributed by atoms with Gasteiger partial charge in [0.1, 0.15) is 5.82 Å². The van der Waals surface area contributed by atoms with Gasteiger partial charge in [0.2, 0.25) is 15.9 Å². The van der Waals surface area contributed by atoms with Crippen LogP contribution in [0.2, 0.25) is 5.02 Å². The summed E-state index contributed by atoms with van der Waals surface area (Å²) in [5.74, 6) is -1.43. The number of sulfonamides is 1. The molecule has 0 spiro atoms. The van der Waals surface area contributed by atoms with E-state index < -0.39 is 21.7 Å². The van der Waals surface area contributed by atoms with Crippen LogP contribution in [0.5, 0.6) is 0 Å². The minimum Gasteiger partial charge on any atom is -0.351 e. The van der Waals surface area contributed by atoms with Crippen molar-refractivity contribution >= 4 is 44.8 Å². The summed E-state index contributed by atoms with van der Waals surface area (Å²) in [6, 6.07) is 8.32. The highest BCUT2D eigenvalue weighted by Gasteiger charge is 2.14. The highest BCUT2D eigenvalue weighted by Crippen LogP contribution is 2.24. The second kappa shape index (κ2) is 10.4. The standard InChI is InChI=1S/C20H23ClFN3O4S/c1-3-11-30(28,29)25-18-6-4-5-17(13(18)2)24-19(26)9-10-23-20(27)15-8-7-14(22)12-16(15)21/h4-8,12,25H,3,9-11H2,1-2H3,(H,23,27)(H,24,26). The number of rotatable bonds is 9. The van der Waals surface area contributed by atoms with Crippen LogP contribution in [0.15, 0.2) is 36.4 Å². The van der Waals surface area contributed by atoms with Crippen LogP contribution in [-0.2, 0) is 14.8 Å². The Balaban J connectivity index is 1.93. The molecule has 0 unspecified atom stereocenters. The Kier molecular flexibility index (Phi) is 8.19. The molecule has 2 rings (SSSR count). The Bertz CT molecular complexity index is 1040. The Morgan fingerprint density at radius 1 is 1.13 bits per heavy atom. The SMILES string of the molecule is CCCS(=O)(=O)Nc1cccc(NC(=O)CCNC(=O)c2ccc(F)cc2Cl)c1C. The minimum atomic E-state index is -3.45. The fraction of sp³-hybridized carbons (Fsp3) is 0.300. The first-order valence-electron chi connectivity index (χ1n) is 9.26. The molecule has 0 fully saturated rings. The summed E-state index contributed by atoms with van der Waals surface area (Å²) >= 11 is 5.84. The number of hydrogen-bond acceptors (Lipinski definition) is 4. The Labute approximate surface area is 180 Å². The van der Waals surface area contributed by atoms with E-state index >= 15 is 0 Å². The molecule has 3 N–H and O–H groups in total. The fourth-order valence-electron chi connectivity index (χ4n) is 2.64. The molecule has 0 aliphatic rings. The topological polar surface area (TPSA) is 104 Å². The molecule has 10 heteroatoms. The summed E-state index contributed by atoms with van der Waals surface area (Å²) in [5, 5.41) is 5.23. The van der Waals surface area contributed by atoms with Gasteiger partial charge in [-0.1, -0.05) is 24.6 Å². The lowest BCUT2D eigenvalue weighted by atomic mass is 10.1. The van der Waals surface area contributed by atoms with Crippen LogP contribution in [0.25, 0.3) is 0 Å². The molecule has 0 aliphatic heterocycles. The lowest BCUT2D eigenvalue weighted by molar-refractivity contribution is -0.116. The molecule has 7 nitrogen and oxygen atoms in total. The second-order valence-electron chi connectivity index (χ2n) is 6.58. The molecular weight excluding hydrogens is 433 g/mol. The molecule has 30 heavy (non-hydrogen) atoms. The molecule has 0 saturated carbocycles. The van der Waals surface area contributed by atoms with Crippen molar-refractivity contribution < 1.29 is 22.4 Å². The zero-order valence-corrected chi connectivity index (χ0v) is 18.2. The Morgan fingerprint density at radius 3 is 2.50 bits per heavy atom. The second-order valence-corrected chi connectivity index (χ2v) is 8.83. The number of carbonyl (C=O) groups excluding carboxylic acids is 2. The maximum absolute atomic E-state index is 13.1. The predicted octanol–water partition coefficient (Wildman–Crippen LogP) is 3.70. The largest absolute Gasteiger partial charge is 0.351 e. The maximum atomic E-state index is 13.1. The number of benzene rings is 2. The number of amides is 2. The van der Waals surface area contributed by atoms with E-state index in [1.165, 1.54) is 6.07 Å². The van der Waals surface area contributed by atoms with Gasteiger partial charge >= 0.3 is 0 Å². The minimum absolute atomic E-state index is 0.000790. The molecule has 2 aromatic carbocycles. The van der Waals surface area contributed by atoms with Crippen molar-refractivity contribution in [2.24, 2.45) is 0 Å². The van der Waals surface area contributed by atoms with Crippen LogP contribution in [-0.4, -0.2) is 32.5 Å². The fourth-order valence-corrected chi connectivity index (χ4v) is 4.09. The predicted molar refractivity (Wildman–Crippen MR) is 116 cm³/mol. The van der Waals surface area contributed by atoms with Crippen LogP contribution in [0.4, 0.5) is 15.8 Å². The molecule has 0 saturated heterocycles. The quantitative estimate of drug-likeness (QED) is 0.536. The summed E-state index contributed by atoms with van der Waals surface area (Å²) in [4.78, 5) is 24.3. The van der Waals surface area contributed by atoms with Crippen LogP contribution in [0.3, 0.4) is 0 Å². The van der Waals surface area contributed by atoms with E-state index in [2.05, 4.69) is 15.4 Å². The zero-order valence-electron chi connectivity index (χ0n) is 16.6. The molecule has 0 bridgehead atoms. The lowest BCUT2D eigenvalue weighted by Crippen LogP contribution is -2.28. The average Bonchev–Trinajstić information content (AvgIpc) is 2.64. The first-order chi connectivity index (χ1) is 14.1. The van der Waals surface area contributed by atoms with Crippen molar-refractivity contribution in [2.45, 2.75) is 26.7 Å². The summed E-state index contributed by atoms with van der Waals surface area (Å²) in [6.45, 7) is 3.50. The molecule has 2 amide bonds. The zero-order chi connectivity index (χ0) is 22.3. The third-order valence-electron chi connectivity index (χ3n) is 4.16. The van der Waals surface area contributed by atoms with Gasteiger partial charge in [-0.3, -0.25) is 14.3 Å². The maximum Gasteiger partial charge on any atom is 0.252 e. The highest BCUT2D eigenvalue weighted by molar-refractivity contribution is 7.92. The van der Waals surface area contributed by atoms with Crippen molar-refractivity contribution in [1.82, 2.24) is 5.32 Å². The molecule has 162 valence electrons. The van der Waals surface area contributed by atoms with Gasteiger partial charge in [-0.05, 0) is 49.2 Å². The van der Waals surface area contributed by atoms with Gasteiger partial charge in [0.05, 0.1) is 22.0 Å². The average molecular weight is 456 g/mol. The number of carbonyl (C=O) groups is 2. The molecule has 0 radical (unpaired) electrons. The number of halogens is 2. The van der Waals surface area contributed by atoms with Crippen LogP contribution >= 0.6 is 11.6 Å². The van der Waals surface area contributed by atoms with Crippen molar-refractivity contribution in [3.63, 3.8) is 0 Å². The number of nitrogens with one attached hydrogen (secondary N) is 3. The van der Waals surface area contributed by atoms with Crippen molar-refractivity contribution in [2.75, 3.05) is 22.3 Å². The van der Waals surface area contributed by atoms with Crippen molar-refractivity contribution in [3.05, 3.63) is 58.4 Å². The van der Waals surface area contributed by atoms with Gasteiger partial charge in [0, 0.05) is 18.7 Å². The Morgan fingerprint density at radius 2 is 1.83 bits per heavy atom. The van der Waals surface area contributed by atoms with Gasteiger partial charge in [0.25, 0.3) is 5.91 Å². The molecule has 0 aromatic heterocycles. The van der Waals surface area contributed by atoms with Gasteiger partial charge in [-0.2, -0.15) is 0 Å². The molecule has 0 heterocycles. The van der Waals surface area contributed by atoms with E-state index in [9.17, 15) is 22.4 Å². The first-order valence-corrected chi connectivity index (χ1v) is 11.3. The van der Waals surface area contributed by atoms with Gasteiger partial charge in [-0.15, -0.1) is 0 Å². The molecular formula is C20H23ClFN3O4S. The normalized spacial score (nSPS) is 11.1. The van der Waals surface area contributed by atoms with E-state index in [0.29, 0.717) is 23.4 Å². The van der Waals surface area contributed by atoms with Crippen molar-refractivity contribution in [3.8, 4) is 0 Å². The van der Waals surface area contributed by atoms with E-state index in [4.69, 9.17) is 11.6 Å². The smallest absolute Gasteiger partial charge is 0.252 e. The van der Waals surface area contributed by atoms with Crippen molar-refractivity contribution in [1.29, 1.82) is 0 Å². The van der Waals surface area contributed by atoms with Crippen LogP contribution in [0.1, 0.15) is 35.7 Å². The van der Waals surface area contributed by atoms with Crippen LogP contribution in [0, 0.1) is 12.7 Å². The molecule has 2 aromatic rings. The van der Waals surface area contributed by atoms with E-state index in [1.807, 2.05) is 0 Å². The van der Waals surface area contributed by atoms with Crippen LogP contribution < -0.4 is 15.4 Å². The summed E-state index contributed by atoms with van der Waals surface area (Å²) in [7, 11) is -3.45. The Hall–Kier alpha value is -2.65. The van der Waals surface area contributed by atoms with Gasteiger partial charge in [0.15, 0.2) is 0 Å². The van der Waals surface area contributed by atoms with Gasteiger partial charge < -0.3 is 10.6 Å². The summed E-state index contributed by atoms with van der Waals surface area (Å²) in [5.41, 5.74) is 1.54. The summed E-state index contributed by atoms with van der Waals surface area (Å²) < 4.78 is 39.5. The highest BCUT2D eigenvalue weighted by atomic mass is 35.5. The molecule has 0 aliphatic carbocycles. The third kappa shape index (κ3) is 6.70. The molecule has 0 atom stereocenters. The monoisotopic (exact) mass is 455 g/mol.